The first-order valence-corrected chi connectivity index (χ1v) is 2.54. The quantitative estimate of drug-likeness (QED) is 0.635. The van der Waals surface area contributed by atoms with Crippen LogP contribution in [0.4, 0.5) is 4.39 Å². The molecule has 4 heteroatoms. The third-order valence-electron chi connectivity index (χ3n) is 0.952. The average molecular weight is 143 g/mol. The first kappa shape index (κ1) is 6.67. The lowest BCUT2D eigenvalue weighted by Gasteiger charge is -1.90. The first-order chi connectivity index (χ1) is 4.70. The van der Waals surface area contributed by atoms with Crippen molar-refractivity contribution in [2.24, 2.45) is 0 Å². The first-order valence-electron chi connectivity index (χ1n) is 2.54. The standard InChI is InChI=1S/C6H4FNO2/c7-5-1-4(6(9)10)2-8-3-5/h1-3H,(H,9,10)/i3+1,5+1. The summed E-state index contributed by atoms with van der Waals surface area (Å²) in [6.07, 6.45) is 2.04. The number of aromatic carboxylic acids is 1. The predicted molar refractivity (Wildman–Crippen MR) is 31.2 cm³/mol. The van der Waals surface area contributed by atoms with Gasteiger partial charge in [-0.25, -0.2) is 9.18 Å². The van der Waals surface area contributed by atoms with E-state index in [9.17, 15) is 9.18 Å². The molecule has 0 unspecified atom stereocenters. The molecule has 1 aromatic rings. The molecule has 0 fully saturated rings. The van der Waals surface area contributed by atoms with Crippen LogP contribution in [0.2, 0.25) is 0 Å². The number of rotatable bonds is 1. The number of carboxylic acid groups (broad SMARTS) is 1. The smallest absolute Gasteiger partial charge is 0.337 e. The second kappa shape index (κ2) is 2.43. The number of aromatic nitrogens is 1. The van der Waals surface area contributed by atoms with Crippen LogP contribution >= 0.6 is 0 Å². The lowest BCUT2D eigenvalue weighted by Crippen LogP contribution is -1.97. The van der Waals surface area contributed by atoms with Gasteiger partial charge in [0.1, 0.15) is 5.82 Å². The second-order valence-electron chi connectivity index (χ2n) is 1.70. The lowest BCUT2D eigenvalue weighted by atomic mass is 10.3. The van der Waals surface area contributed by atoms with Crippen LogP contribution in [-0.4, -0.2) is 16.1 Å². The summed E-state index contributed by atoms with van der Waals surface area (Å²) in [5.74, 6) is -1.81. The van der Waals surface area contributed by atoms with Crippen molar-refractivity contribution in [2.45, 2.75) is 0 Å². The fraction of sp³-hybridized carbons (Fsp3) is 0. The Kier molecular flexibility index (Phi) is 1.62. The summed E-state index contributed by atoms with van der Waals surface area (Å²) >= 11 is 0. The van der Waals surface area contributed by atoms with E-state index in [1.807, 2.05) is 0 Å². The number of carboxylic acids is 1. The molecule has 1 N–H and O–H groups in total. The van der Waals surface area contributed by atoms with Crippen molar-refractivity contribution in [3.63, 3.8) is 0 Å². The fourth-order valence-electron chi connectivity index (χ4n) is 0.529. The molecule has 0 aliphatic heterocycles. The molecular weight excluding hydrogens is 139 g/mol. The zero-order chi connectivity index (χ0) is 7.56. The number of pyridine rings is 1. The van der Waals surface area contributed by atoms with Gasteiger partial charge in [-0.3, -0.25) is 4.98 Å². The Bertz CT molecular complexity index is 262. The van der Waals surface area contributed by atoms with Gasteiger partial charge in [0.15, 0.2) is 0 Å². The van der Waals surface area contributed by atoms with Gasteiger partial charge in [0.25, 0.3) is 0 Å². The summed E-state index contributed by atoms with van der Waals surface area (Å²) < 4.78 is 12.2. The topological polar surface area (TPSA) is 50.2 Å². The van der Waals surface area contributed by atoms with Crippen molar-refractivity contribution < 1.29 is 14.3 Å². The fourth-order valence-corrected chi connectivity index (χ4v) is 0.529. The van der Waals surface area contributed by atoms with Crippen LogP contribution in [-0.2, 0) is 0 Å². The summed E-state index contributed by atoms with van der Waals surface area (Å²) in [7, 11) is 0. The maximum atomic E-state index is 12.2. The number of hydrogen-bond donors (Lipinski definition) is 1. The summed E-state index contributed by atoms with van der Waals surface area (Å²) in [4.78, 5) is 13.5. The Morgan fingerprint density at radius 3 is 2.70 bits per heavy atom. The van der Waals surface area contributed by atoms with Crippen LogP contribution < -0.4 is 0 Å². The molecular formula is C6H4FNO2. The zero-order valence-corrected chi connectivity index (χ0v) is 4.91. The highest BCUT2D eigenvalue weighted by Crippen LogP contribution is 1.99. The Morgan fingerprint density at radius 1 is 1.60 bits per heavy atom. The molecule has 52 valence electrons. The Balaban J connectivity index is 3.07. The van der Waals surface area contributed by atoms with Crippen LogP contribution in [0, 0.1) is 5.82 Å². The highest BCUT2D eigenvalue weighted by Gasteiger charge is 2.02. The molecule has 0 aliphatic carbocycles. The zero-order valence-electron chi connectivity index (χ0n) is 4.91. The molecule has 1 aromatic heterocycles. The highest BCUT2D eigenvalue weighted by molar-refractivity contribution is 5.87. The molecule has 1 heterocycles. The highest BCUT2D eigenvalue weighted by atomic mass is 19.2. The van der Waals surface area contributed by atoms with Gasteiger partial charge in [-0.15, -0.1) is 0 Å². The maximum absolute atomic E-state index is 12.2. The average Bonchev–Trinajstić information content (AvgIpc) is 1.88. The molecule has 3 nitrogen and oxygen atoms in total. The molecule has 1 rings (SSSR count). The van der Waals surface area contributed by atoms with E-state index in [1.165, 1.54) is 0 Å². The van der Waals surface area contributed by atoms with Gasteiger partial charge in [0, 0.05) is 6.20 Å². The molecule has 0 saturated carbocycles. The Morgan fingerprint density at radius 2 is 2.30 bits per heavy atom. The van der Waals surface area contributed by atoms with E-state index in [-0.39, 0.29) is 5.56 Å². The minimum absolute atomic E-state index is 0.139. The van der Waals surface area contributed by atoms with E-state index >= 15 is 0 Å². The van der Waals surface area contributed by atoms with Gasteiger partial charge >= 0.3 is 5.97 Å². The van der Waals surface area contributed by atoms with Gasteiger partial charge in [-0.05, 0) is 6.07 Å². The van der Waals surface area contributed by atoms with Crippen LogP contribution in [0.5, 0.6) is 0 Å². The molecule has 0 bridgehead atoms. The molecule has 10 heavy (non-hydrogen) atoms. The van der Waals surface area contributed by atoms with Crippen molar-refractivity contribution in [2.75, 3.05) is 0 Å². The number of hydrogen-bond acceptors (Lipinski definition) is 2. The number of nitrogens with zero attached hydrogens (tertiary/aromatic N) is 1. The van der Waals surface area contributed by atoms with Crippen molar-refractivity contribution in [1.29, 1.82) is 0 Å². The van der Waals surface area contributed by atoms with Crippen LogP contribution in [0.3, 0.4) is 0 Å². The predicted octanol–water partition coefficient (Wildman–Crippen LogP) is 0.919. The number of halogens is 1. The van der Waals surface area contributed by atoms with Crippen LogP contribution in [0.15, 0.2) is 18.5 Å². The van der Waals surface area contributed by atoms with Crippen molar-refractivity contribution in [1.82, 2.24) is 4.98 Å². The lowest BCUT2D eigenvalue weighted by molar-refractivity contribution is 0.0696. The van der Waals surface area contributed by atoms with Crippen LogP contribution in [0.25, 0.3) is 0 Å². The van der Waals surface area contributed by atoms with E-state index in [2.05, 4.69) is 4.98 Å². The third kappa shape index (κ3) is 1.28. The monoisotopic (exact) mass is 143 g/mol. The van der Waals surface area contributed by atoms with Gasteiger partial charge in [-0.2, -0.15) is 0 Å². The molecule has 0 spiro atoms. The maximum Gasteiger partial charge on any atom is 0.337 e. The molecule has 0 radical (unpaired) electrons. The van der Waals surface area contributed by atoms with Crippen molar-refractivity contribution in [3.05, 3.63) is 29.8 Å². The van der Waals surface area contributed by atoms with E-state index < -0.39 is 11.8 Å². The largest absolute Gasteiger partial charge is 0.478 e. The summed E-state index contributed by atoms with van der Waals surface area (Å²) in [6, 6.07) is 0.912. The summed E-state index contributed by atoms with van der Waals surface area (Å²) in [5.41, 5.74) is -0.139. The normalized spacial score (nSPS) is 9.30. The molecule has 0 aromatic carbocycles. The van der Waals surface area contributed by atoms with Crippen molar-refractivity contribution >= 4 is 5.97 Å². The van der Waals surface area contributed by atoms with Gasteiger partial charge in [0.2, 0.25) is 0 Å². The molecule has 0 atom stereocenters. The van der Waals surface area contributed by atoms with Crippen LogP contribution in [0.1, 0.15) is 10.4 Å². The van der Waals surface area contributed by atoms with Crippen molar-refractivity contribution in [3.8, 4) is 0 Å². The minimum atomic E-state index is -1.17. The van der Waals surface area contributed by atoms with Gasteiger partial charge in [0.05, 0.1) is 11.8 Å². The second-order valence-corrected chi connectivity index (χ2v) is 1.70. The molecule has 0 amide bonds. The van der Waals surface area contributed by atoms with Gasteiger partial charge < -0.3 is 5.11 Å². The minimum Gasteiger partial charge on any atom is -0.478 e. The molecule has 0 aliphatic rings. The molecule has 0 saturated heterocycles. The summed E-state index contributed by atoms with van der Waals surface area (Å²) in [5, 5.41) is 8.30. The Hall–Kier alpha value is -1.45. The Labute approximate surface area is 56.1 Å². The summed E-state index contributed by atoms with van der Waals surface area (Å²) in [6.45, 7) is 0. The number of carbonyl (C=O) groups is 1. The van der Waals surface area contributed by atoms with E-state index in [0.29, 0.717) is 0 Å². The van der Waals surface area contributed by atoms with E-state index in [1.54, 1.807) is 0 Å². The van der Waals surface area contributed by atoms with E-state index in [0.717, 1.165) is 18.5 Å². The van der Waals surface area contributed by atoms with E-state index in [4.69, 9.17) is 5.11 Å². The third-order valence-corrected chi connectivity index (χ3v) is 0.952. The van der Waals surface area contributed by atoms with Gasteiger partial charge in [-0.1, -0.05) is 0 Å². The SMILES string of the molecule is O=C(O)c1cn[13cH][13c](F)c1.